The molecule has 16 heavy (non-hydrogen) atoms. The van der Waals surface area contributed by atoms with E-state index in [2.05, 4.69) is 53.5 Å². The Balaban J connectivity index is 1.87. The fourth-order valence-corrected chi connectivity index (χ4v) is 4.25. The highest BCUT2D eigenvalue weighted by Crippen LogP contribution is 2.40. The highest BCUT2D eigenvalue weighted by molar-refractivity contribution is 9.10. The van der Waals surface area contributed by atoms with Crippen LogP contribution in [0.25, 0.3) is 0 Å². The fourth-order valence-electron chi connectivity index (χ4n) is 2.85. The number of hydrogen-bond donors (Lipinski definition) is 1. The Kier molecular flexibility index (Phi) is 3.77. The number of nitrogens with one attached hydrogen (secondary N) is 1. The van der Waals surface area contributed by atoms with Gasteiger partial charge < -0.3 is 5.32 Å². The molecule has 1 aliphatic rings. The van der Waals surface area contributed by atoms with Crippen LogP contribution in [0.4, 0.5) is 0 Å². The fraction of sp³-hybridized carbons (Fsp3) is 0.692. The molecule has 0 aromatic carbocycles. The first kappa shape index (κ1) is 12.6. The van der Waals surface area contributed by atoms with Crippen LogP contribution >= 0.6 is 27.3 Å². The first-order chi connectivity index (χ1) is 7.46. The molecule has 2 atom stereocenters. The third-order valence-electron chi connectivity index (χ3n) is 3.49. The van der Waals surface area contributed by atoms with Gasteiger partial charge in [0.15, 0.2) is 0 Å². The Labute approximate surface area is 111 Å². The van der Waals surface area contributed by atoms with E-state index in [0.29, 0.717) is 11.5 Å². The molecule has 0 amide bonds. The van der Waals surface area contributed by atoms with E-state index in [0.717, 1.165) is 12.5 Å². The van der Waals surface area contributed by atoms with Crippen LogP contribution < -0.4 is 5.32 Å². The smallest absolute Gasteiger partial charge is 0.0302 e. The lowest BCUT2D eigenvalue weighted by molar-refractivity contribution is 0.362. The van der Waals surface area contributed by atoms with Gasteiger partial charge in [-0.25, -0.2) is 0 Å². The second-order valence-electron chi connectivity index (χ2n) is 5.77. The zero-order valence-corrected chi connectivity index (χ0v) is 12.6. The van der Waals surface area contributed by atoms with Gasteiger partial charge in [0.2, 0.25) is 0 Å². The quantitative estimate of drug-likeness (QED) is 0.871. The minimum atomic E-state index is 0.521. The van der Waals surface area contributed by atoms with Crippen molar-refractivity contribution in [3.63, 3.8) is 0 Å². The normalized spacial score (nSPS) is 28.5. The van der Waals surface area contributed by atoms with Gasteiger partial charge in [-0.2, -0.15) is 0 Å². The van der Waals surface area contributed by atoms with E-state index in [4.69, 9.17) is 0 Å². The molecule has 1 heterocycles. The Morgan fingerprint density at radius 3 is 2.75 bits per heavy atom. The molecule has 1 aromatic heterocycles. The Morgan fingerprint density at radius 2 is 2.25 bits per heavy atom. The standard InChI is InChI=1S/C13H20BrNS/c1-9-5-13(2,3)6-12(9)15-7-11-4-10(14)8-16-11/h4,8-9,12,15H,5-7H2,1-3H3. The summed E-state index contributed by atoms with van der Waals surface area (Å²) >= 11 is 5.32. The van der Waals surface area contributed by atoms with Crippen LogP contribution in [-0.2, 0) is 6.54 Å². The molecule has 0 saturated heterocycles. The van der Waals surface area contributed by atoms with Gasteiger partial charge >= 0.3 is 0 Å². The monoisotopic (exact) mass is 301 g/mol. The van der Waals surface area contributed by atoms with Crippen molar-refractivity contribution in [3.05, 3.63) is 20.8 Å². The largest absolute Gasteiger partial charge is 0.309 e. The summed E-state index contributed by atoms with van der Waals surface area (Å²) in [5.74, 6) is 0.804. The van der Waals surface area contributed by atoms with E-state index < -0.39 is 0 Å². The van der Waals surface area contributed by atoms with E-state index in [-0.39, 0.29) is 0 Å². The summed E-state index contributed by atoms with van der Waals surface area (Å²) < 4.78 is 1.20. The van der Waals surface area contributed by atoms with E-state index in [1.807, 2.05) is 11.3 Å². The zero-order valence-electron chi connectivity index (χ0n) is 10.2. The second-order valence-corrected chi connectivity index (χ2v) is 7.68. The van der Waals surface area contributed by atoms with Gasteiger partial charge in [0.25, 0.3) is 0 Å². The molecule has 1 N–H and O–H groups in total. The molecular weight excluding hydrogens is 282 g/mol. The van der Waals surface area contributed by atoms with Gasteiger partial charge in [-0.1, -0.05) is 20.8 Å². The van der Waals surface area contributed by atoms with Crippen LogP contribution in [0.1, 0.15) is 38.5 Å². The first-order valence-corrected chi connectivity index (χ1v) is 7.60. The molecule has 3 heteroatoms. The predicted octanol–water partition coefficient (Wildman–Crippen LogP) is 4.42. The molecule has 1 aromatic rings. The summed E-state index contributed by atoms with van der Waals surface area (Å²) in [7, 11) is 0. The van der Waals surface area contributed by atoms with Gasteiger partial charge in [-0.3, -0.25) is 0 Å². The molecule has 0 radical (unpaired) electrons. The van der Waals surface area contributed by atoms with Crippen LogP contribution in [-0.4, -0.2) is 6.04 Å². The third kappa shape index (κ3) is 3.08. The Bertz CT molecular complexity index is 359. The molecule has 0 bridgehead atoms. The zero-order chi connectivity index (χ0) is 11.8. The van der Waals surface area contributed by atoms with Crippen LogP contribution in [0, 0.1) is 11.3 Å². The van der Waals surface area contributed by atoms with Crippen LogP contribution in [0.5, 0.6) is 0 Å². The summed E-state index contributed by atoms with van der Waals surface area (Å²) in [4.78, 5) is 1.42. The van der Waals surface area contributed by atoms with Crippen LogP contribution in [0.3, 0.4) is 0 Å². The lowest BCUT2D eigenvalue weighted by Crippen LogP contribution is -2.30. The molecule has 1 saturated carbocycles. The number of hydrogen-bond acceptors (Lipinski definition) is 2. The van der Waals surface area contributed by atoms with Crippen molar-refractivity contribution in [1.29, 1.82) is 0 Å². The molecule has 1 nitrogen and oxygen atoms in total. The third-order valence-corrected chi connectivity index (χ3v) is 5.19. The van der Waals surface area contributed by atoms with E-state index in [9.17, 15) is 0 Å². The highest BCUT2D eigenvalue weighted by atomic mass is 79.9. The molecule has 1 fully saturated rings. The lowest BCUT2D eigenvalue weighted by atomic mass is 9.91. The maximum atomic E-state index is 3.71. The lowest BCUT2D eigenvalue weighted by Gasteiger charge is -2.18. The summed E-state index contributed by atoms with van der Waals surface area (Å²) in [6, 6.07) is 2.90. The SMILES string of the molecule is CC1CC(C)(C)CC1NCc1cc(Br)cs1. The van der Waals surface area contributed by atoms with Crippen molar-refractivity contribution in [2.75, 3.05) is 0 Å². The van der Waals surface area contributed by atoms with E-state index in [1.165, 1.54) is 22.2 Å². The maximum absolute atomic E-state index is 3.71. The van der Waals surface area contributed by atoms with Gasteiger partial charge in [-0.15, -0.1) is 11.3 Å². The summed E-state index contributed by atoms with van der Waals surface area (Å²) in [6.07, 6.45) is 2.65. The topological polar surface area (TPSA) is 12.0 Å². The summed E-state index contributed by atoms with van der Waals surface area (Å²) in [6.45, 7) is 8.15. The average molecular weight is 302 g/mol. The van der Waals surface area contributed by atoms with Crippen LogP contribution in [0.2, 0.25) is 0 Å². The van der Waals surface area contributed by atoms with Crippen LogP contribution in [0.15, 0.2) is 15.9 Å². The minimum absolute atomic E-state index is 0.521. The van der Waals surface area contributed by atoms with E-state index in [1.54, 1.807) is 0 Å². The average Bonchev–Trinajstić information content (AvgIpc) is 2.67. The first-order valence-electron chi connectivity index (χ1n) is 5.92. The Hall–Kier alpha value is 0.140. The Morgan fingerprint density at radius 1 is 1.50 bits per heavy atom. The number of rotatable bonds is 3. The molecule has 2 unspecified atom stereocenters. The molecule has 2 rings (SSSR count). The number of halogens is 1. The highest BCUT2D eigenvalue weighted by Gasteiger charge is 2.36. The van der Waals surface area contributed by atoms with Crippen molar-refractivity contribution < 1.29 is 0 Å². The van der Waals surface area contributed by atoms with E-state index >= 15 is 0 Å². The molecule has 1 aliphatic carbocycles. The molecular formula is C13H20BrNS. The van der Waals surface area contributed by atoms with Crippen molar-refractivity contribution in [2.24, 2.45) is 11.3 Å². The molecule has 0 spiro atoms. The van der Waals surface area contributed by atoms with Gasteiger partial charge in [0.1, 0.15) is 0 Å². The van der Waals surface area contributed by atoms with Gasteiger partial charge in [0, 0.05) is 27.3 Å². The van der Waals surface area contributed by atoms with Gasteiger partial charge in [-0.05, 0) is 46.2 Å². The maximum Gasteiger partial charge on any atom is 0.0302 e. The predicted molar refractivity (Wildman–Crippen MR) is 74.8 cm³/mol. The van der Waals surface area contributed by atoms with Gasteiger partial charge in [0.05, 0.1) is 0 Å². The van der Waals surface area contributed by atoms with Crippen molar-refractivity contribution in [2.45, 2.75) is 46.2 Å². The molecule has 90 valence electrons. The summed E-state index contributed by atoms with van der Waals surface area (Å²) in [5.41, 5.74) is 0.521. The second kappa shape index (κ2) is 4.79. The molecule has 0 aliphatic heterocycles. The number of thiophene rings is 1. The van der Waals surface area contributed by atoms with Crippen molar-refractivity contribution in [1.82, 2.24) is 5.32 Å². The minimum Gasteiger partial charge on any atom is -0.309 e. The van der Waals surface area contributed by atoms with Crippen molar-refractivity contribution >= 4 is 27.3 Å². The summed E-state index contributed by atoms with van der Waals surface area (Å²) in [5, 5.41) is 5.86. The van der Waals surface area contributed by atoms with Crippen molar-refractivity contribution in [3.8, 4) is 0 Å².